The van der Waals surface area contributed by atoms with Crippen molar-refractivity contribution in [2.45, 2.75) is 19.3 Å². The summed E-state index contributed by atoms with van der Waals surface area (Å²) in [6, 6.07) is 10.9. The molecule has 2 aromatic heterocycles. The summed E-state index contributed by atoms with van der Waals surface area (Å²) in [5.74, 6) is -0.372. The minimum absolute atomic E-state index is 0.0518. The molecule has 0 bridgehead atoms. The molecule has 2 amide bonds. The molecule has 5 rings (SSSR count). The number of nitrogens with zero attached hydrogens (tertiary/aromatic N) is 4. The summed E-state index contributed by atoms with van der Waals surface area (Å²) in [4.78, 5) is 34.9. The van der Waals surface area contributed by atoms with Gasteiger partial charge in [-0.2, -0.15) is 5.10 Å². The van der Waals surface area contributed by atoms with Crippen molar-refractivity contribution in [2.24, 2.45) is 0 Å². The molecule has 9 nitrogen and oxygen atoms in total. The Hall–Kier alpha value is -3.72. The van der Waals surface area contributed by atoms with E-state index < -0.39 is 0 Å². The number of aromatic amines is 1. The van der Waals surface area contributed by atoms with Crippen LogP contribution in [0.3, 0.4) is 0 Å². The Labute approximate surface area is 198 Å². The van der Waals surface area contributed by atoms with Crippen molar-refractivity contribution in [3.8, 4) is 11.3 Å². The number of morpholine rings is 1. The van der Waals surface area contributed by atoms with Crippen LogP contribution in [0.15, 0.2) is 48.8 Å². The molecule has 0 aliphatic carbocycles. The smallest absolute Gasteiger partial charge is 0.274 e. The first-order valence-corrected chi connectivity index (χ1v) is 11.7. The number of pyridine rings is 1. The molecule has 34 heavy (non-hydrogen) atoms. The first-order valence-electron chi connectivity index (χ1n) is 11.7. The van der Waals surface area contributed by atoms with Gasteiger partial charge in [-0.15, -0.1) is 0 Å². The number of hydrogen-bond donors (Lipinski definition) is 2. The van der Waals surface area contributed by atoms with Crippen LogP contribution >= 0.6 is 0 Å². The Bertz CT molecular complexity index is 1150. The number of piperidine rings is 1. The zero-order valence-corrected chi connectivity index (χ0v) is 19.0. The van der Waals surface area contributed by atoms with Crippen LogP contribution in [0.2, 0.25) is 0 Å². The molecule has 0 spiro atoms. The Morgan fingerprint density at radius 3 is 2.59 bits per heavy atom. The standard InChI is InChI=1S/C25H28N6O3/c32-24(21-6-4-5-20(28-21)19-16-26-27-17-19)29-22-15-18(25(33)31-11-13-34-14-12-31)7-8-23(22)30-9-2-1-3-10-30/h4-8,15-17H,1-3,9-14H2,(H,26,27)(H,29,32). The van der Waals surface area contributed by atoms with Crippen molar-refractivity contribution in [3.05, 3.63) is 60.0 Å². The summed E-state index contributed by atoms with van der Waals surface area (Å²) in [5, 5.41) is 9.75. The van der Waals surface area contributed by atoms with Crippen LogP contribution < -0.4 is 10.2 Å². The summed E-state index contributed by atoms with van der Waals surface area (Å²) in [7, 11) is 0. The lowest BCUT2D eigenvalue weighted by Gasteiger charge is -2.31. The van der Waals surface area contributed by atoms with E-state index in [1.807, 2.05) is 18.2 Å². The van der Waals surface area contributed by atoms with E-state index in [0.717, 1.165) is 37.2 Å². The Morgan fingerprint density at radius 1 is 1.00 bits per heavy atom. The number of amides is 2. The lowest BCUT2D eigenvalue weighted by Crippen LogP contribution is -2.40. The summed E-state index contributed by atoms with van der Waals surface area (Å²) in [6.45, 7) is 4.07. The van der Waals surface area contributed by atoms with E-state index >= 15 is 0 Å². The van der Waals surface area contributed by atoms with Crippen molar-refractivity contribution in [2.75, 3.05) is 49.6 Å². The highest BCUT2D eigenvalue weighted by atomic mass is 16.5. The Kier molecular flexibility index (Phi) is 6.53. The fourth-order valence-corrected chi connectivity index (χ4v) is 4.43. The van der Waals surface area contributed by atoms with Gasteiger partial charge in [0.2, 0.25) is 0 Å². The number of H-pyrrole nitrogens is 1. The predicted octanol–water partition coefficient (Wildman–Crippen LogP) is 3.19. The molecule has 4 heterocycles. The van der Waals surface area contributed by atoms with E-state index in [2.05, 4.69) is 25.4 Å². The number of carbonyl (C=O) groups excluding carboxylic acids is 2. The number of anilines is 2. The lowest BCUT2D eigenvalue weighted by molar-refractivity contribution is 0.0303. The van der Waals surface area contributed by atoms with E-state index in [1.165, 1.54) is 6.42 Å². The SMILES string of the molecule is O=C(Nc1cc(C(=O)N2CCOCC2)ccc1N1CCCCC1)c1cccc(-c2cn[nH]c2)n1. The van der Waals surface area contributed by atoms with Crippen LogP contribution in [0.25, 0.3) is 11.3 Å². The number of ether oxygens (including phenoxy) is 1. The maximum absolute atomic E-state index is 13.2. The van der Waals surface area contributed by atoms with Gasteiger partial charge in [0, 0.05) is 43.5 Å². The largest absolute Gasteiger partial charge is 0.378 e. The lowest BCUT2D eigenvalue weighted by atomic mass is 10.1. The van der Waals surface area contributed by atoms with Gasteiger partial charge in [0.25, 0.3) is 11.8 Å². The first-order chi connectivity index (χ1) is 16.7. The van der Waals surface area contributed by atoms with Crippen LogP contribution in [-0.2, 0) is 4.74 Å². The maximum atomic E-state index is 13.2. The minimum Gasteiger partial charge on any atom is -0.378 e. The molecule has 0 saturated carbocycles. The number of hydrogen-bond acceptors (Lipinski definition) is 6. The number of nitrogens with one attached hydrogen (secondary N) is 2. The molecular weight excluding hydrogens is 432 g/mol. The summed E-state index contributed by atoms with van der Waals surface area (Å²) >= 11 is 0. The highest BCUT2D eigenvalue weighted by Gasteiger charge is 2.22. The zero-order chi connectivity index (χ0) is 23.3. The van der Waals surface area contributed by atoms with E-state index in [9.17, 15) is 9.59 Å². The van der Waals surface area contributed by atoms with Gasteiger partial charge < -0.3 is 19.9 Å². The predicted molar refractivity (Wildman–Crippen MR) is 129 cm³/mol. The van der Waals surface area contributed by atoms with E-state index in [-0.39, 0.29) is 11.8 Å². The molecule has 3 aromatic rings. The highest BCUT2D eigenvalue weighted by molar-refractivity contribution is 6.06. The average molecular weight is 461 g/mol. The molecule has 2 N–H and O–H groups in total. The fraction of sp³-hybridized carbons (Fsp3) is 0.360. The third kappa shape index (κ3) is 4.79. The Balaban J connectivity index is 1.43. The van der Waals surface area contributed by atoms with Gasteiger partial charge in [-0.25, -0.2) is 4.98 Å². The zero-order valence-electron chi connectivity index (χ0n) is 19.0. The fourth-order valence-electron chi connectivity index (χ4n) is 4.43. The minimum atomic E-state index is -0.320. The van der Waals surface area contributed by atoms with Crippen LogP contribution in [0.1, 0.15) is 40.1 Å². The monoisotopic (exact) mass is 460 g/mol. The Morgan fingerprint density at radius 2 is 1.82 bits per heavy atom. The topological polar surface area (TPSA) is 103 Å². The number of aromatic nitrogens is 3. The first kappa shape index (κ1) is 22.1. The molecule has 1 aromatic carbocycles. The van der Waals surface area contributed by atoms with Crippen molar-refractivity contribution >= 4 is 23.2 Å². The van der Waals surface area contributed by atoms with Crippen molar-refractivity contribution in [1.82, 2.24) is 20.1 Å². The molecule has 2 aliphatic rings. The second kappa shape index (κ2) is 10.0. The van der Waals surface area contributed by atoms with Gasteiger partial charge in [0.15, 0.2) is 0 Å². The van der Waals surface area contributed by atoms with Crippen molar-refractivity contribution in [3.63, 3.8) is 0 Å². The van der Waals surface area contributed by atoms with Gasteiger partial charge in [0.05, 0.1) is 36.5 Å². The molecule has 176 valence electrons. The van der Waals surface area contributed by atoms with Crippen LogP contribution in [0.5, 0.6) is 0 Å². The number of benzene rings is 1. The molecule has 2 fully saturated rings. The van der Waals surface area contributed by atoms with Crippen molar-refractivity contribution < 1.29 is 14.3 Å². The summed E-state index contributed by atoms with van der Waals surface area (Å²) in [6.07, 6.45) is 6.82. The summed E-state index contributed by atoms with van der Waals surface area (Å²) < 4.78 is 5.38. The van der Waals surface area contributed by atoms with Gasteiger partial charge in [-0.3, -0.25) is 14.7 Å². The molecule has 2 aliphatic heterocycles. The van der Waals surface area contributed by atoms with Crippen LogP contribution in [0, 0.1) is 0 Å². The quantitative estimate of drug-likeness (QED) is 0.606. The van der Waals surface area contributed by atoms with Gasteiger partial charge in [-0.05, 0) is 49.6 Å². The van der Waals surface area contributed by atoms with Gasteiger partial charge in [0.1, 0.15) is 5.69 Å². The summed E-state index contributed by atoms with van der Waals surface area (Å²) in [5.41, 5.74) is 3.88. The van der Waals surface area contributed by atoms with Crippen molar-refractivity contribution in [1.29, 1.82) is 0 Å². The molecule has 0 radical (unpaired) electrons. The number of rotatable bonds is 5. The van der Waals surface area contributed by atoms with Crippen LogP contribution in [0.4, 0.5) is 11.4 Å². The highest BCUT2D eigenvalue weighted by Crippen LogP contribution is 2.31. The molecule has 9 heteroatoms. The maximum Gasteiger partial charge on any atom is 0.274 e. The second-order valence-corrected chi connectivity index (χ2v) is 8.53. The third-order valence-electron chi connectivity index (χ3n) is 6.26. The second-order valence-electron chi connectivity index (χ2n) is 8.53. The normalized spacial score (nSPS) is 16.4. The average Bonchev–Trinajstić information content (AvgIpc) is 3.45. The van der Waals surface area contributed by atoms with Gasteiger partial charge in [-0.1, -0.05) is 6.07 Å². The van der Waals surface area contributed by atoms with E-state index in [4.69, 9.17) is 4.74 Å². The molecule has 0 unspecified atom stereocenters. The third-order valence-corrected chi connectivity index (χ3v) is 6.26. The number of carbonyl (C=O) groups is 2. The van der Waals surface area contributed by atoms with E-state index in [1.54, 1.807) is 35.5 Å². The van der Waals surface area contributed by atoms with Crippen LogP contribution in [-0.4, -0.2) is 71.3 Å². The molecule has 0 atom stereocenters. The van der Waals surface area contributed by atoms with Gasteiger partial charge >= 0.3 is 0 Å². The van der Waals surface area contributed by atoms with E-state index in [0.29, 0.717) is 48.9 Å². The molecule has 2 saturated heterocycles. The molecular formula is C25H28N6O3.